The molecule has 0 spiro atoms. The van der Waals surface area contributed by atoms with Crippen molar-refractivity contribution in [3.8, 4) is 0 Å². The molecular formula is C20H21N5O2. The van der Waals surface area contributed by atoms with Gasteiger partial charge in [-0.1, -0.05) is 0 Å². The summed E-state index contributed by atoms with van der Waals surface area (Å²) in [5.74, 6) is 1.92. The molecule has 1 atom stereocenters. The highest BCUT2D eigenvalue weighted by Gasteiger charge is 2.29. The number of carbonyl (C=O) groups excluding carboxylic acids is 1. The highest BCUT2D eigenvalue weighted by atomic mass is 16.3. The van der Waals surface area contributed by atoms with Crippen molar-refractivity contribution in [2.45, 2.75) is 31.6 Å². The van der Waals surface area contributed by atoms with E-state index in [9.17, 15) is 4.79 Å². The van der Waals surface area contributed by atoms with Crippen molar-refractivity contribution in [1.82, 2.24) is 15.0 Å². The fourth-order valence-electron chi connectivity index (χ4n) is 3.60. The second kappa shape index (κ2) is 6.64. The third-order valence-electron chi connectivity index (χ3n) is 5.23. The van der Waals surface area contributed by atoms with E-state index in [1.807, 2.05) is 18.2 Å². The van der Waals surface area contributed by atoms with Crippen molar-refractivity contribution >= 4 is 28.6 Å². The number of fused-ring (bicyclic) bond motifs is 1. The van der Waals surface area contributed by atoms with E-state index in [0.717, 1.165) is 54.9 Å². The summed E-state index contributed by atoms with van der Waals surface area (Å²) in [7, 11) is 0. The summed E-state index contributed by atoms with van der Waals surface area (Å²) >= 11 is 0. The molecule has 27 heavy (non-hydrogen) atoms. The Labute approximate surface area is 156 Å². The maximum Gasteiger partial charge on any atom is 0.229 e. The molecule has 5 rings (SSSR count). The normalized spacial score (nSPS) is 20.0. The van der Waals surface area contributed by atoms with Crippen molar-refractivity contribution in [3.05, 3.63) is 42.5 Å². The maximum atomic E-state index is 12.8. The smallest absolute Gasteiger partial charge is 0.229 e. The zero-order valence-corrected chi connectivity index (χ0v) is 15.0. The molecule has 7 heteroatoms. The quantitative estimate of drug-likeness (QED) is 0.765. The van der Waals surface area contributed by atoms with Crippen LogP contribution in [0.2, 0.25) is 0 Å². The van der Waals surface area contributed by atoms with E-state index < -0.39 is 0 Å². The Balaban J connectivity index is 1.28. The minimum Gasteiger partial charge on any atom is -0.440 e. The van der Waals surface area contributed by atoms with Gasteiger partial charge in [-0.3, -0.25) is 4.79 Å². The molecule has 138 valence electrons. The topological polar surface area (TPSA) is 84.2 Å². The lowest BCUT2D eigenvalue weighted by molar-refractivity contribution is -0.120. The molecular weight excluding hydrogens is 342 g/mol. The number of oxazole rings is 1. The van der Waals surface area contributed by atoms with Gasteiger partial charge in [-0.25, -0.2) is 15.0 Å². The molecule has 2 fully saturated rings. The Kier molecular flexibility index (Phi) is 3.99. The number of nitrogens with one attached hydrogen (secondary N) is 1. The third kappa shape index (κ3) is 3.37. The fraction of sp³-hybridized carbons (Fsp3) is 0.400. The van der Waals surface area contributed by atoms with Gasteiger partial charge >= 0.3 is 0 Å². The number of rotatable bonds is 4. The van der Waals surface area contributed by atoms with Gasteiger partial charge in [0.05, 0.1) is 5.92 Å². The number of hydrogen-bond donors (Lipinski definition) is 1. The molecule has 1 N–H and O–H groups in total. The summed E-state index contributed by atoms with van der Waals surface area (Å²) in [5, 5.41) is 3.04. The van der Waals surface area contributed by atoms with Crippen LogP contribution in [0.25, 0.3) is 11.1 Å². The van der Waals surface area contributed by atoms with E-state index in [1.54, 1.807) is 18.5 Å². The molecule has 1 aliphatic carbocycles. The standard InChI is InChI=1S/C20H21N5O2/c26-18(14-3-1-10-25(12-14)20-21-8-2-9-22-20)23-15-6-7-17-16(11-15)24-19(27-17)13-4-5-13/h2,6-9,11,13-14H,1,3-5,10,12H2,(H,23,26). The van der Waals surface area contributed by atoms with Crippen molar-refractivity contribution in [3.63, 3.8) is 0 Å². The van der Waals surface area contributed by atoms with Crippen LogP contribution in [0, 0.1) is 5.92 Å². The van der Waals surface area contributed by atoms with Gasteiger partial charge in [0.25, 0.3) is 0 Å². The van der Waals surface area contributed by atoms with Gasteiger partial charge in [-0.05, 0) is 49.9 Å². The summed E-state index contributed by atoms with van der Waals surface area (Å²) in [5.41, 5.74) is 2.34. The first-order valence-electron chi connectivity index (χ1n) is 9.49. The first kappa shape index (κ1) is 16.2. The highest BCUT2D eigenvalue weighted by molar-refractivity contribution is 5.94. The molecule has 1 saturated carbocycles. The Morgan fingerprint density at radius 3 is 2.85 bits per heavy atom. The minimum absolute atomic E-state index is 0.0286. The number of amides is 1. The lowest BCUT2D eigenvalue weighted by Gasteiger charge is -2.31. The minimum atomic E-state index is -0.0856. The number of nitrogens with zero attached hydrogens (tertiary/aromatic N) is 4. The van der Waals surface area contributed by atoms with Gasteiger partial charge in [0, 0.05) is 37.1 Å². The number of carbonyl (C=O) groups is 1. The van der Waals surface area contributed by atoms with Crippen LogP contribution in [-0.4, -0.2) is 33.9 Å². The van der Waals surface area contributed by atoms with E-state index in [0.29, 0.717) is 18.4 Å². The predicted molar refractivity (Wildman–Crippen MR) is 102 cm³/mol. The van der Waals surface area contributed by atoms with E-state index in [1.165, 1.54) is 0 Å². The molecule has 1 amide bonds. The molecule has 1 saturated heterocycles. The van der Waals surface area contributed by atoms with Crippen LogP contribution in [0.5, 0.6) is 0 Å². The molecule has 7 nitrogen and oxygen atoms in total. The number of piperidine rings is 1. The Morgan fingerprint density at radius 1 is 1.19 bits per heavy atom. The number of aromatic nitrogens is 3. The largest absolute Gasteiger partial charge is 0.440 e. The lowest BCUT2D eigenvalue weighted by atomic mass is 9.97. The molecule has 1 unspecified atom stereocenters. The van der Waals surface area contributed by atoms with Gasteiger partial charge < -0.3 is 14.6 Å². The highest BCUT2D eigenvalue weighted by Crippen LogP contribution is 2.40. The second-order valence-electron chi connectivity index (χ2n) is 7.33. The van der Waals surface area contributed by atoms with Gasteiger partial charge in [-0.2, -0.15) is 0 Å². The van der Waals surface area contributed by atoms with Crippen molar-refractivity contribution in [1.29, 1.82) is 0 Å². The average Bonchev–Trinajstić information content (AvgIpc) is 3.48. The Bertz CT molecular complexity index is 967. The van der Waals surface area contributed by atoms with Crippen LogP contribution in [0.4, 0.5) is 11.6 Å². The number of anilines is 2. The summed E-state index contributed by atoms with van der Waals surface area (Å²) < 4.78 is 5.79. The maximum absolute atomic E-state index is 12.8. The predicted octanol–water partition coefficient (Wildman–Crippen LogP) is 3.35. The van der Waals surface area contributed by atoms with Crippen LogP contribution < -0.4 is 10.2 Å². The number of hydrogen-bond acceptors (Lipinski definition) is 6. The third-order valence-corrected chi connectivity index (χ3v) is 5.23. The van der Waals surface area contributed by atoms with Gasteiger partial charge in [0.1, 0.15) is 5.52 Å². The fourth-order valence-corrected chi connectivity index (χ4v) is 3.60. The molecule has 3 aromatic rings. The lowest BCUT2D eigenvalue weighted by Crippen LogP contribution is -2.41. The summed E-state index contributed by atoms with van der Waals surface area (Å²) in [6.45, 7) is 1.51. The average molecular weight is 363 g/mol. The van der Waals surface area contributed by atoms with Crippen molar-refractivity contribution in [2.75, 3.05) is 23.3 Å². The van der Waals surface area contributed by atoms with Gasteiger partial charge in [0.15, 0.2) is 11.5 Å². The number of benzene rings is 1. The monoisotopic (exact) mass is 363 g/mol. The molecule has 0 bridgehead atoms. The van der Waals surface area contributed by atoms with Gasteiger partial charge in [-0.15, -0.1) is 0 Å². The van der Waals surface area contributed by atoms with E-state index in [4.69, 9.17) is 4.42 Å². The first-order valence-corrected chi connectivity index (χ1v) is 9.49. The second-order valence-corrected chi connectivity index (χ2v) is 7.33. The Hall–Kier alpha value is -2.96. The molecule has 1 aromatic carbocycles. The SMILES string of the molecule is O=C(Nc1ccc2oc(C3CC3)nc2c1)C1CCCN(c2ncccn2)C1. The van der Waals surface area contributed by atoms with Crippen LogP contribution >= 0.6 is 0 Å². The van der Waals surface area contributed by atoms with Crippen molar-refractivity contribution in [2.24, 2.45) is 5.92 Å². The molecule has 1 aliphatic heterocycles. The van der Waals surface area contributed by atoms with Crippen LogP contribution in [0.3, 0.4) is 0 Å². The zero-order chi connectivity index (χ0) is 18.2. The molecule has 2 aromatic heterocycles. The zero-order valence-electron chi connectivity index (χ0n) is 15.0. The van der Waals surface area contributed by atoms with Crippen molar-refractivity contribution < 1.29 is 9.21 Å². The van der Waals surface area contributed by atoms with Crippen LogP contribution in [0.1, 0.15) is 37.5 Å². The van der Waals surface area contributed by atoms with E-state index in [2.05, 4.69) is 25.2 Å². The van der Waals surface area contributed by atoms with Gasteiger partial charge in [0.2, 0.25) is 11.9 Å². The molecule has 2 aliphatic rings. The molecule has 3 heterocycles. The van der Waals surface area contributed by atoms with E-state index >= 15 is 0 Å². The van der Waals surface area contributed by atoms with Crippen LogP contribution in [0.15, 0.2) is 41.1 Å². The summed E-state index contributed by atoms with van der Waals surface area (Å²) in [6, 6.07) is 7.45. The summed E-state index contributed by atoms with van der Waals surface area (Å²) in [6.07, 6.45) is 7.58. The van der Waals surface area contributed by atoms with E-state index in [-0.39, 0.29) is 11.8 Å². The summed E-state index contributed by atoms with van der Waals surface area (Å²) in [4.78, 5) is 28.0. The molecule has 0 radical (unpaired) electrons. The van der Waals surface area contributed by atoms with Crippen LogP contribution in [-0.2, 0) is 4.79 Å². The first-order chi connectivity index (χ1) is 13.3. The Morgan fingerprint density at radius 2 is 2.04 bits per heavy atom.